The van der Waals surface area contributed by atoms with Gasteiger partial charge in [-0.1, -0.05) is 30.3 Å². The Morgan fingerprint density at radius 3 is 2.39 bits per heavy atom. The number of hydrogen-bond acceptors (Lipinski definition) is 4. The Bertz CT molecular complexity index is 543. The number of ether oxygens (including phenoxy) is 3. The van der Waals surface area contributed by atoms with Crippen LogP contribution in [0.5, 0.6) is 0 Å². The smallest absolute Gasteiger partial charge is 0.410 e. The van der Waals surface area contributed by atoms with Crippen LogP contribution < -0.4 is 0 Å². The van der Waals surface area contributed by atoms with E-state index in [1.54, 1.807) is 4.90 Å². The molecule has 1 aliphatic carbocycles. The quantitative estimate of drug-likeness (QED) is 0.855. The highest BCUT2D eigenvalue weighted by atomic mass is 16.7. The van der Waals surface area contributed by atoms with Crippen molar-refractivity contribution in [2.75, 3.05) is 20.3 Å². The lowest BCUT2D eigenvalue weighted by Gasteiger charge is -2.41. The molecule has 0 spiro atoms. The van der Waals surface area contributed by atoms with Gasteiger partial charge in [-0.3, -0.25) is 0 Å². The van der Waals surface area contributed by atoms with E-state index in [4.69, 9.17) is 14.2 Å². The van der Waals surface area contributed by atoms with E-state index in [1.165, 1.54) is 0 Å². The van der Waals surface area contributed by atoms with E-state index in [1.807, 2.05) is 51.2 Å². The highest BCUT2D eigenvalue weighted by molar-refractivity contribution is 5.69. The molecule has 1 aliphatic heterocycles. The Labute approximate surface area is 137 Å². The van der Waals surface area contributed by atoms with Crippen molar-refractivity contribution in [3.05, 3.63) is 35.9 Å². The molecular formula is C18H25NO4. The first-order valence-corrected chi connectivity index (χ1v) is 8.15. The van der Waals surface area contributed by atoms with Gasteiger partial charge in [0, 0.05) is 13.0 Å². The summed E-state index contributed by atoms with van der Waals surface area (Å²) in [6, 6.07) is 9.72. The Kier molecular flexibility index (Phi) is 4.34. The molecule has 1 aromatic carbocycles. The fourth-order valence-electron chi connectivity index (χ4n) is 3.15. The molecule has 2 fully saturated rings. The second-order valence-corrected chi connectivity index (χ2v) is 6.92. The molecule has 0 aromatic heterocycles. The predicted molar refractivity (Wildman–Crippen MR) is 85.8 cm³/mol. The number of benzene rings is 1. The lowest BCUT2D eigenvalue weighted by Crippen LogP contribution is -2.52. The average Bonchev–Trinajstić information content (AvgIpc) is 3.34. The minimum absolute atomic E-state index is 0.176. The molecule has 0 unspecified atom stereocenters. The highest BCUT2D eigenvalue weighted by Crippen LogP contribution is 2.49. The number of amides is 1. The molecule has 3 rings (SSSR count). The number of nitrogens with zero attached hydrogens (tertiary/aromatic N) is 1. The van der Waals surface area contributed by atoms with E-state index < -0.39 is 5.79 Å². The highest BCUT2D eigenvalue weighted by Gasteiger charge is 2.56. The van der Waals surface area contributed by atoms with Crippen LogP contribution in [0.2, 0.25) is 0 Å². The maximum absolute atomic E-state index is 12.4. The number of carbonyl (C=O) groups is 1. The molecule has 126 valence electrons. The van der Waals surface area contributed by atoms with Crippen LogP contribution >= 0.6 is 0 Å². The second kappa shape index (κ2) is 6.13. The van der Waals surface area contributed by atoms with Gasteiger partial charge in [0.05, 0.1) is 18.8 Å². The third-order valence-electron chi connectivity index (χ3n) is 4.93. The first-order chi connectivity index (χ1) is 10.9. The third kappa shape index (κ3) is 3.51. The second-order valence-electron chi connectivity index (χ2n) is 6.92. The van der Waals surface area contributed by atoms with Gasteiger partial charge >= 0.3 is 6.09 Å². The molecule has 1 saturated heterocycles. The van der Waals surface area contributed by atoms with E-state index in [0.717, 1.165) is 18.4 Å². The lowest BCUT2D eigenvalue weighted by atomic mass is 9.96. The Morgan fingerprint density at radius 1 is 1.22 bits per heavy atom. The molecule has 5 heteroatoms. The maximum Gasteiger partial charge on any atom is 0.410 e. The average molecular weight is 319 g/mol. The monoisotopic (exact) mass is 319 g/mol. The van der Waals surface area contributed by atoms with Crippen LogP contribution in [0.3, 0.4) is 0 Å². The summed E-state index contributed by atoms with van der Waals surface area (Å²) in [5.74, 6) is -0.330. The molecule has 0 bridgehead atoms. The molecule has 5 nitrogen and oxygen atoms in total. The van der Waals surface area contributed by atoms with E-state index >= 15 is 0 Å². The van der Waals surface area contributed by atoms with Crippen LogP contribution in [-0.2, 0) is 20.8 Å². The summed E-state index contributed by atoms with van der Waals surface area (Å²) in [6.07, 6.45) is 1.67. The van der Waals surface area contributed by atoms with Gasteiger partial charge in [0.2, 0.25) is 0 Å². The molecule has 0 N–H and O–H groups in total. The first kappa shape index (κ1) is 16.3. The van der Waals surface area contributed by atoms with E-state index in [-0.39, 0.29) is 17.6 Å². The molecule has 23 heavy (non-hydrogen) atoms. The zero-order valence-electron chi connectivity index (χ0n) is 14.1. The summed E-state index contributed by atoms with van der Waals surface area (Å²) in [7, 11) is 1.82. The van der Waals surface area contributed by atoms with Crippen molar-refractivity contribution in [3.63, 3.8) is 0 Å². The predicted octanol–water partition coefficient (Wildman–Crippen LogP) is 3.19. The van der Waals surface area contributed by atoms with Crippen molar-refractivity contribution < 1.29 is 19.0 Å². The van der Waals surface area contributed by atoms with Crippen LogP contribution in [0.1, 0.15) is 32.3 Å². The topological polar surface area (TPSA) is 48.0 Å². The van der Waals surface area contributed by atoms with Crippen molar-refractivity contribution in [1.82, 2.24) is 4.90 Å². The minimum atomic E-state index is -0.529. The van der Waals surface area contributed by atoms with Crippen molar-refractivity contribution in [2.45, 2.75) is 44.6 Å². The van der Waals surface area contributed by atoms with Crippen molar-refractivity contribution in [1.29, 1.82) is 0 Å². The van der Waals surface area contributed by atoms with Gasteiger partial charge in [0.1, 0.15) is 6.61 Å². The molecule has 2 aliphatic rings. The number of carbonyl (C=O) groups excluding carboxylic acids is 1. The zero-order valence-corrected chi connectivity index (χ0v) is 14.1. The largest absolute Gasteiger partial charge is 0.445 e. The fourth-order valence-corrected chi connectivity index (χ4v) is 3.15. The van der Waals surface area contributed by atoms with Gasteiger partial charge < -0.3 is 19.1 Å². The summed E-state index contributed by atoms with van der Waals surface area (Å²) in [5, 5.41) is 0. The van der Waals surface area contributed by atoms with Crippen molar-refractivity contribution in [2.24, 2.45) is 5.92 Å². The maximum atomic E-state index is 12.4. The van der Waals surface area contributed by atoms with E-state index in [9.17, 15) is 4.79 Å². The Balaban J connectivity index is 1.56. The molecule has 0 radical (unpaired) electrons. The first-order valence-electron chi connectivity index (χ1n) is 8.15. The van der Waals surface area contributed by atoms with Gasteiger partial charge in [-0.15, -0.1) is 0 Å². The fraction of sp³-hybridized carbons (Fsp3) is 0.611. The van der Waals surface area contributed by atoms with Gasteiger partial charge in [-0.25, -0.2) is 4.79 Å². The van der Waals surface area contributed by atoms with E-state index in [0.29, 0.717) is 19.8 Å². The molecule has 1 saturated carbocycles. The van der Waals surface area contributed by atoms with E-state index in [2.05, 4.69) is 0 Å². The summed E-state index contributed by atoms with van der Waals surface area (Å²) in [6.45, 7) is 5.36. The third-order valence-corrected chi connectivity index (χ3v) is 4.93. The number of hydrogen-bond donors (Lipinski definition) is 0. The van der Waals surface area contributed by atoms with Crippen LogP contribution in [0, 0.1) is 5.92 Å². The van der Waals surface area contributed by atoms with Gasteiger partial charge in [0.25, 0.3) is 0 Å². The van der Waals surface area contributed by atoms with Gasteiger partial charge in [-0.05, 0) is 32.3 Å². The molecule has 1 heterocycles. The molecule has 1 aromatic rings. The summed E-state index contributed by atoms with van der Waals surface area (Å²) < 4.78 is 17.0. The Morgan fingerprint density at radius 2 is 1.83 bits per heavy atom. The SMILES string of the molecule is CN(C(=O)OCc1ccccc1)C1(C2COC(C)(C)OC2)CC1. The standard InChI is InChI=1S/C18H25NO4/c1-17(2)22-12-15(13-23-17)18(9-10-18)19(3)16(20)21-11-14-7-5-4-6-8-14/h4-8,15H,9-13H2,1-3H3. The van der Waals surface area contributed by atoms with Gasteiger partial charge in [-0.2, -0.15) is 0 Å². The molecular weight excluding hydrogens is 294 g/mol. The molecule has 0 atom stereocenters. The summed E-state index contributed by atoms with van der Waals surface area (Å²) in [5.41, 5.74) is 0.815. The van der Waals surface area contributed by atoms with Crippen molar-refractivity contribution in [3.8, 4) is 0 Å². The minimum Gasteiger partial charge on any atom is -0.445 e. The summed E-state index contributed by atoms with van der Waals surface area (Å²) >= 11 is 0. The summed E-state index contributed by atoms with van der Waals surface area (Å²) in [4.78, 5) is 14.1. The Hall–Kier alpha value is -1.59. The molecule has 1 amide bonds. The lowest BCUT2D eigenvalue weighted by molar-refractivity contribution is -0.269. The normalized spacial score (nSPS) is 22.4. The number of rotatable bonds is 4. The van der Waals surface area contributed by atoms with Crippen LogP contribution in [0.15, 0.2) is 30.3 Å². The van der Waals surface area contributed by atoms with Crippen LogP contribution in [-0.4, -0.2) is 42.6 Å². The zero-order chi connectivity index (χ0) is 16.5. The van der Waals surface area contributed by atoms with Crippen LogP contribution in [0.4, 0.5) is 4.79 Å². The van der Waals surface area contributed by atoms with Crippen molar-refractivity contribution >= 4 is 6.09 Å². The van der Waals surface area contributed by atoms with Crippen LogP contribution in [0.25, 0.3) is 0 Å². The van der Waals surface area contributed by atoms with Gasteiger partial charge in [0.15, 0.2) is 5.79 Å².